The first-order chi connectivity index (χ1) is 5.18. The van der Waals surface area contributed by atoms with Crippen molar-refractivity contribution in [3.63, 3.8) is 0 Å². The maximum absolute atomic E-state index is 9.01. The van der Waals surface area contributed by atoms with Crippen molar-refractivity contribution in [3.05, 3.63) is 0 Å². The molecule has 0 spiro atoms. The molecule has 0 aromatic carbocycles. The molecule has 66 valence electrons. The minimum Gasteiger partial charge on any atom is -0.377 e. The number of aliphatic hydroxyl groups excluding tert-OH is 2. The van der Waals surface area contributed by atoms with E-state index in [9.17, 15) is 0 Å². The van der Waals surface area contributed by atoms with Crippen molar-refractivity contribution in [1.29, 1.82) is 0 Å². The first kappa shape index (κ1) is 8.89. The van der Waals surface area contributed by atoms with Crippen LogP contribution in [0.25, 0.3) is 0 Å². The van der Waals surface area contributed by atoms with Crippen LogP contribution >= 0.6 is 0 Å². The van der Waals surface area contributed by atoms with Crippen LogP contribution in [0.1, 0.15) is 0 Å². The molecular formula is C6H14N2O3. The van der Waals surface area contributed by atoms with Crippen molar-refractivity contribution in [1.82, 2.24) is 4.90 Å². The van der Waals surface area contributed by atoms with E-state index >= 15 is 0 Å². The molecular weight excluding hydrogens is 148 g/mol. The van der Waals surface area contributed by atoms with Crippen LogP contribution in [-0.4, -0.2) is 53.9 Å². The maximum Gasteiger partial charge on any atom is 0.167 e. The highest BCUT2D eigenvalue weighted by Gasteiger charge is 2.18. The molecule has 0 amide bonds. The molecule has 0 aromatic rings. The van der Waals surface area contributed by atoms with Crippen molar-refractivity contribution in [3.8, 4) is 0 Å². The minimum absolute atomic E-state index is 0.389. The molecule has 1 fully saturated rings. The van der Waals surface area contributed by atoms with Gasteiger partial charge in [0.05, 0.1) is 6.61 Å². The SMILES string of the molecule is NC(O)CN1CCOC(O)C1. The van der Waals surface area contributed by atoms with Crippen LogP contribution < -0.4 is 5.73 Å². The molecule has 1 aliphatic rings. The number of rotatable bonds is 2. The van der Waals surface area contributed by atoms with Gasteiger partial charge in [-0.2, -0.15) is 0 Å². The molecule has 0 saturated carbocycles. The zero-order valence-corrected chi connectivity index (χ0v) is 6.31. The molecule has 4 N–H and O–H groups in total. The van der Waals surface area contributed by atoms with E-state index in [1.807, 2.05) is 4.90 Å². The standard InChI is InChI=1S/C6H14N2O3/c7-5(9)3-8-1-2-11-6(10)4-8/h5-6,9-10H,1-4,7H2. The van der Waals surface area contributed by atoms with Gasteiger partial charge in [-0.15, -0.1) is 0 Å². The second-order valence-electron chi connectivity index (χ2n) is 2.65. The van der Waals surface area contributed by atoms with Crippen LogP contribution in [0.4, 0.5) is 0 Å². The molecule has 0 aromatic heterocycles. The zero-order chi connectivity index (χ0) is 8.27. The van der Waals surface area contributed by atoms with E-state index in [4.69, 9.17) is 20.7 Å². The van der Waals surface area contributed by atoms with Crippen LogP contribution in [0, 0.1) is 0 Å². The van der Waals surface area contributed by atoms with Gasteiger partial charge in [-0.05, 0) is 0 Å². The first-order valence-electron chi connectivity index (χ1n) is 3.64. The van der Waals surface area contributed by atoms with Crippen LogP contribution in [0.3, 0.4) is 0 Å². The molecule has 2 unspecified atom stereocenters. The summed E-state index contributed by atoms with van der Waals surface area (Å²) >= 11 is 0. The summed E-state index contributed by atoms with van der Waals surface area (Å²) in [7, 11) is 0. The molecule has 1 saturated heterocycles. The van der Waals surface area contributed by atoms with Crippen molar-refractivity contribution in [2.75, 3.05) is 26.2 Å². The van der Waals surface area contributed by atoms with E-state index in [1.54, 1.807) is 0 Å². The molecule has 2 atom stereocenters. The molecule has 0 radical (unpaired) electrons. The fourth-order valence-corrected chi connectivity index (χ4v) is 1.11. The minimum atomic E-state index is -0.833. The van der Waals surface area contributed by atoms with Crippen molar-refractivity contribution >= 4 is 0 Å². The summed E-state index contributed by atoms with van der Waals surface area (Å²) in [5.74, 6) is 0. The molecule has 5 heteroatoms. The van der Waals surface area contributed by atoms with E-state index in [2.05, 4.69) is 0 Å². The van der Waals surface area contributed by atoms with Crippen LogP contribution in [-0.2, 0) is 4.74 Å². The third-order valence-corrected chi connectivity index (χ3v) is 1.58. The highest BCUT2D eigenvalue weighted by molar-refractivity contribution is 4.65. The highest BCUT2D eigenvalue weighted by Crippen LogP contribution is 2.01. The summed E-state index contributed by atoms with van der Waals surface area (Å²) in [6, 6.07) is 0. The lowest BCUT2D eigenvalue weighted by atomic mass is 10.4. The number of morpholine rings is 1. The average Bonchev–Trinajstić information content (AvgIpc) is 1.85. The smallest absolute Gasteiger partial charge is 0.167 e. The fraction of sp³-hybridized carbons (Fsp3) is 1.00. The Bertz CT molecular complexity index is 118. The fourth-order valence-electron chi connectivity index (χ4n) is 1.11. The average molecular weight is 162 g/mol. The summed E-state index contributed by atoms with van der Waals surface area (Å²) < 4.78 is 4.88. The highest BCUT2D eigenvalue weighted by atomic mass is 16.6. The van der Waals surface area contributed by atoms with Crippen LogP contribution in [0.5, 0.6) is 0 Å². The quantitative estimate of drug-likeness (QED) is 0.406. The molecule has 1 aliphatic heterocycles. The van der Waals surface area contributed by atoms with Gasteiger partial charge in [-0.3, -0.25) is 4.90 Å². The largest absolute Gasteiger partial charge is 0.377 e. The van der Waals surface area contributed by atoms with Gasteiger partial charge in [0.1, 0.15) is 6.23 Å². The van der Waals surface area contributed by atoms with Crippen molar-refractivity contribution < 1.29 is 14.9 Å². The lowest BCUT2D eigenvalue weighted by Gasteiger charge is -2.30. The Morgan fingerprint density at radius 1 is 1.73 bits per heavy atom. The lowest BCUT2D eigenvalue weighted by molar-refractivity contribution is -0.149. The van der Waals surface area contributed by atoms with Gasteiger partial charge < -0.3 is 20.7 Å². The van der Waals surface area contributed by atoms with Gasteiger partial charge >= 0.3 is 0 Å². The molecule has 1 rings (SSSR count). The Kier molecular flexibility index (Phi) is 3.22. The number of aliphatic hydroxyl groups is 2. The van der Waals surface area contributed by atoms with Crippen LogP contribution in [0.2, 0.25) is 0 Å². The van der Waals surface area contributed by atoms with Gasteiger partial charge in [0.2, 0.25) is 0 Å². The number of hydrogen-bond acceptors (Lipinski definition) is 5. The van der Waals surface area contributed by atoms with Gasteiger partial charge in [-0.25, -0.2) is 0 Å². The Morgan fingerprint density at radius 2 is 2.45 bits per heavy atom. The van der Waals surface area contributed by atoms with Gasteiger partial charge in [-0.1, -0.05) is 0 Å². The van der Waals surface area contributed by atoms with Crippen LogP contribution in [0.15, 0.2) is 0 Å². The van der Waals surface area contributed by atoms with E-state index in [0.717, 1.165) is 0 Å². The molecule has 0 aliphatic carbocycles. The third kappa shape index (κ3) is 3.13. The van der Waals surface area contributed by atoms with Gasteiger partial charge in [0.15, 0.2) is 6.29 Å². The summed E-state index contributed by atoms with van der Waals surface area (Å²) in [5, 5.41) is 17.8. The Morgan fingerprint density at radius 3 is 3.00 bits per heavy atom. The summed E-state index contributed by atoms with van der Waals surface area (Å²) in [5.41, 5.74) is 5.16. The molecule has 1 heterocycles. The number of nitrogens with zero attached hydrogens (tertiary/aromatic N) is 1. The molecule has 5 nitrogen and oxygen atoms in total. The second kappa shape index (κ2) is 3.99. The van der Waals surface area contributed by atoms with E-state index in [-0.39, 0.29) is 0 Å². The van der Waals surface area contributed by atoms with E-state index in [0.29, 0.717) is 26.2 Å². The Hall–Kier alpha value is -0.200. The van der Waals surface area contributed by atoms with E-state index < -0.39 is 12.5 Å². The number of hydrogen-bond donors (Lipinski definition) is 3. The summed E-state index contributed by atoms with van der Waals surface area (Å²) in [4.78, 5) is 1.86. The predicted molar refractivity (Wildman–Crippen MR) is 38.6 cm³/mol. The third-order valence-electron chi connectivity index (χ3n) is 1.58. The number of ether oxygens (including phenoxy) is 1. The Labute approximate surface area is 65.4 Å². The second-order valence-corrected chi connectivity index (χ2v) is 2.65. The zero-order valence-electron chi connectivity index (χ0n) is 6.31. The molecule has 11 heavy (non-hydrogen) atoms. The predicted octanol–water partition coefficient (Wildman–Crippen LogP) is -2.09. The lowest BCUT2D eigenvalue weighted by Crippen LogP contribution is -2.47. The maximum atomic E-state index is 9.01. The van der Waals surface area contributed by atoms with Crippen molar-refractivity contribution in [2.24, 2.45) is 5.73 Å². The normalized spacial score (nSPS) is 30.3. The molecule has 0 bridgehead atoms. The number of β-amino-alcohol motifs (C(OH)–C–C–N with tert-alkyl or cyclic N) is 2. The monoisotopic (exact) mass is 162 g/mol. The number of nitrogens with two attached hydrogens (primary N) is 1. The van der Waals surface area contributed by atoms with E-state index in [1.165, 1.54) is 0 Å². The van der Waals surface area contributed by atoms with Gasteiger partial charge in [0, 0.05) is 19.6 Å². The van der Waals surface area contributed by atoms with Crippen molar-refractivity contribution in [2.45, 2.75) is 12.5 Å². The van der Waals surface area contributed by atoms with Gasteiger partial charge in [0.25, 0.3) is 0 Å². The summed E-state index contributed by atoms with van der Waals surface area (Å²) in [6.07, 6.45) is -1.57. The first-order valence-corrected chi connectivity index (χ1v) is 3.64. The topological polar surface area (TPSA) is 79.0 Å². The summed E-state index contributed by atoms with van der Waals surface area (Å²) in [6.45, 7) is 2.02. The Balaban J connectivity index is 2.23.